The van der Waals surface area contributed by atoms with Gasteiger partial charge in [-0.3, -0.25) is 9.59 Å². The predicted molar refractivity (Wildman–Crippen MR) is 136 cm³/mol. The highest BCUT2D eigenvalue weighted by Gasteiger charge is 2.42. The van der Waals surface area contributed by atoms with Crippen molar-refractivity contribution >= 4 is 17.5 Å². The number of hydrogen-bond acceptors (Lipinski definition) is 5. The summed E-state index contributed by atoms with van der Waals surface area (Å²) in [7, 11) is 0. The van der Waals surface area contributed by atoms with E-state index in [9.17, 15) is 14.0 Å². The van der Waals surface area contributed by atoms with Crippen LogP contribution in [0.5, 0.6) is 0 Å². The van der Waals surface area contributed by atoms with E-state index in [0.717, 1.165) is 76.2 Å². The number of anilines is 1. The van der Waals surface area contributed by atoms with Crippen LogP contribution >= 0.6 is 0 Å². The summed E-state index contributed by atoms with van der Waals surface area (Å²) < 4.78 is 13.9. The van der Waals surface area contributed by atoms with Crippen LogP contribution in [0.1, 0.15) is 53.8 Å². The molecule has 0 bridgehead atoms. The van der Waals surface area contributed by atoms with E-state index >= 15 is 0 Å². The average Bonchev–Trinajstić information content (AvgIpc) is 3.58. The molecule has 1 saturated carbocycles. The van der Waals surface area contributed by atoms with Gasteiger partial charge in [-0.05, 0) is 69.7 Å². The van der Waals surface area contributed by atoms with Gasteiger partial charge in [-0.25, -0.2) is 14.4 Å². The molecule has 36 heavy (non-hydrogen) atoms. The number of carbonyl (C=O) groups is 2. The summed E-state index contributed by atoms with van der Waals surface area (Å²) in [6.07, 6.45) is 6.42. The Morgan fingerprint density at radius 3 is 2.33 bits per heavy atom. The summed E-state index contributed by atoms with van der Waals surface area (Å²) in [4.78, 5) is 41.1. The molecule has 192 valence electrons. The van der Waals surface area contributed by atoms with Crippen LogP contribution in [0.4, 0.5) is 10.1 Å². The van der Waals surface area contributed by atoms with Gasteiger partial charge in [0.25, 0.3) is 5.91 Å². The molecular weight excluding hydrogens is 457 g/mol. The Morgan fingerprint density at radius 2 is 1.69 bits per heavy atom. The summed E-state index contributed by atoms with van der Waals surface area (Å²) in [5, 5.41) is 0. The van der Waals surface area contributed by atoms with Crippen molar-refractivity contribution in [1.82, 2.24) is 19.8 Å². The molecule has 1 aromatic carbocycles. The zero-order chi connectivity index (χ0) is 25.2. The number of amides is 2. The molecule has 2 aliphatic heterocycles. The number of benzene rings is 1. The first kappa shape index (κ1) is 24.8. The van der Waals surface area contributed by atoms with Crippen molar-refractivity contribution in [3.8, 4) is 0 Å². The van der Waals surface area contributed by atoms with Gasteiger partial charge >= 0.3 is 0 Å². The van der Waals surface area contributed by atoms with Gasteiger partial charge in [0.2, 0.25) is 5.91 Å². The predicted octanol–water partition coefficient (Wildman–Crippen LogP) is 3.85. The highest BCUT2D eigenvalue weighted by Crippen LogP contribution is 2.33. The highest BCUT2D eigenvalue weighted by molar-refractivity contribution is 5.96. The number of carbonyl (C=O) groups excluding carboxylic acids is 2. The van der Waals surface area contributed by atoms with Crippen LogP contribution in [0.3, 0.4) is 0 Å². The monoisotopic (exact) mass is 493 g/mol. The van der Waals surface area contributed by atoms with Crippen LogP contribution < -0.4 is 4.90 Å². The quantitative estimate of drug-likeness (QED) is 0.586. The van der Waals surface area contributed by atoms with Gasteiger partial charge in [0, 0.05) is 44.3 Å². The fourth-order valence-corrected chi connectivity index (χ4v) is 6.36. The fraction of sp³-hybridized carbons (Fsp3) is 0.571. The van der Waals surface area contributed by atoms with Crippen molar-refractivity contribution < 1.29 is 14.0 Å². The van der Waals surface area contributed by atoms with E-state index in [2.05, 4.69) is 14.9 Å². The van der Waals surface area contributed by atoms with E-state index in [1.54, 1.807) is 6.07 Å². The number of likely N-dealkylation sites (tertiary alicyclic amines) is 2. The Hall–Kier alpha value is -2.87. The van der Waals surface area contributed by atoms with E-state index in [0.29, 0.717) is 29.6 Å². The molecule has 2 unspecified atom stereocenters. The SMILES string of the molecule is Cc1ncnc(C)c1C(=O)N1CC2CN(CCCN(C(=O)C3CCCC3)c3cccc(F)c3)CC2C1. The summed E-state index contributed by atoms with van der Waals surface area (Å²) >= 11 is 0. The van der Waals surface area contributed by atoms with Crippen molar-refractivity contribution in [3.05, 3.63) is 53.4 Å². The third-order valence-corrected chi connectivity index (χ3v) is 8.24. The zero-order valence-electron chi connectivity index (χ0n) is 21.3. The van der Waals surface area contributed by atoms with Gasteiger partial charge in [0.1, 0.15) is 12.1 Å². The largest absolute Gasteiger partial charge is 0.338 e. The molecule has 3 aliphatic rings. The Bertz CT molecular complexity index is 1080. The van der Waals surface area contributed by atoms with E-state index in [1.165, 1.54) is 18.5 Å². The Morgan fingerprint density at radius 1 is 1.03 bits per heavy atom. The maximum absolute atomic E-state index is 13.9. The highest BCUT2D eigenvalue weighted by atomic mass is 19.1. The molecule has 8 heteroatoms. The molecule has 0 spiro atoms. The molecule has 1 aromatic heterocycles. The maximum Gasteiger partial charge on any atom is 0.257 e. The van der Waals surface area contributed by atoms with Crippen LogP contribution in [0.2, 0.25) is 0 Å². The summed E-state index contributed by atoms with van der Waals surface area (Å²) in [5.74, 6) is 0.877. The second-order valence-electron chi connectivity index (χ2n) is 10.7. The normalized spacial score (nSPS) is 22.2. The fourth-order valence-electron chi connectivity index (χ4n) is 6.36. The standard InChI is InChI=1S/C28H36FN5O2/c1-19-26(20(2)31-18-30-19)28(36)33-16-22-14-32(15-23(22)17-33)11-6-12-34(25-10-5-9-24(29)13-25)27(35)21-7-3-4-8-21/h5,9-10,13,18,21-23H,3-4,6-8,11-12,14-17H2,1-2H3. The smallest absolute Gasteiger partial charge is 0.257 e. The van der Waals surface area contributed by atoms with E-state index in [-0.39, 0.29) is 23.5 Å². The molecule has 0 N–H and O–H groups in total. The molecule has 2 atom stereocenters. The lowest BCUT2D eigenvalue weighted by Gasteiger charge is -2.27. The summed E-state index contributed by atoms with van der Waals surface area (Å²) in [5.41, 5.74) is 2.77. The van der Waals surface area contributed by atoms with Gasteiger partial charge in [-0.15, -0.1) is 0 Å². The lowest BCUT2D eigenvalue weighted by molar-refractivity contribution is -0.122. The lowest BCUT2D eigenvalue weighted by atomic mass is 10.0. The zero-order valence-corrected chi connectivity index (χ0v) is 21.3. The first-order valence-corrected chi connectivity index (χ1v) is 13.3. The molecule has 2 amide bonds. The number of hydrogen-bond donors (Lipinski definition) is 0. The molecule has 2 aromatic rings. The second-order valence-corrected chi connectivity index (χ2v) is 10.7. The van der Waals surface area contributed by atoms with Crippen LogP contribution in [0.15, 0.2) is 30.6 Å². The van der Waals surface area contributed by atoms with Crippen molar-refractivity contribution in [2.75, 3.05) is 44.2 Å². The first-order chi connectivity index (χ1) is 17.4. The topological polar surface area (TPSA) is 69.6 Å². The second kappa shape index (κ2) is 10.6. The summed E-state index contributed by atoms with van der Waals surface area (Å²) in [6.45, 7) is 8.70. The van der Waals surface area contributed by atoms with Crippen molar-refractivity contribution in [2.45, 2.75) is 46.0 Å². The molecule has 0 radical (unpaired) electrons. The third kappa shape index (κ3) is 5.14. The molecule has 7 nitrogen and oxygen atoms in total. The number of rotatable bonds is 7. The minimum Gasteiger partial charge on any atom is -0.338 e. The average molecular weight is 494 g/mol. The molecule has 3 heterocycles. The number of aromatic nitrogens is 2. The lowest BCUT2D eigenvalue weighted by Crippen LogP contribution is -2.38. The van der Waals surface area contributed by atoms with Gasteiger partial charge in [0.15, 0.2) is 0 Å². The number of halogens is 1. The van der Waals surface area contributed by atoms with Crippen LogP contribution in [-0.4, -0.2) is 70.9 Å². The number of aryl methyl sites for hydroxylation is 2. The minimum absolute atomic E-state index is 0.0442. The molecule has 1 aliphatic carbocycles. The Kier molecular flexibility index (Phi) is 7.32. The van der Waals surface area contributed by atoms with Crippen LogP contribution in [0, 0.1) is 37.4 Å². The first-order valence-electron chi connectivity index (χ1n) is 13.3. The molecule has 3 fully saturated rings. The molecular formula is C28H36FN5O2. The van der Waals surface area contributed by atoms with E-state index in [1.807, 2.05) is 29.7 Å². The van der Waals surface area contributed by atoms with Crippen molar-refractivity contribution in [1.29, 1.82) is 0 Å². The van der Waals surface area contributed by atoms with Crippen LogP contribution in [0.25, 0.3) is 0 Å². The van der Waals surface area contributed by atoms with Gasteiger partial charge in [0.05, 0.1) is 17.0 Å². The van der Waals surface area contributed by atoms with Crippen LogP contribution in [-0.2, 0) is 4.79 Å². The number of nitrogens with zero attached hydrogens (tertiary/aromatic N) is 5. The van der Waals surface area contributed by atoms with Crippen molar-refractivity contribution in [2.24, 2.45) is 17.8 Å². The van der Waals surface area contributed by atoms with Crippen molar-refractivity contribution in [3.63, 3.8) is 0 Å². The third-order valence-electron chi connectivity index (χ3n) is 8.24. The minimum atomic E-state index is -0.310. The molecule has 2 saturated heterocycles. The summed E-state index contributed by atoms with van der Waals surface area (Å²) in [6, 6.07) is 6.41. The Labute approximate surface area is 212 Å². The number of fused-ring (bicyclic) bond motifs is 1. The van der Waals surface area contributed by atoms with E-state index in [4.69, 9.17) is 0 Å². The maximum atomic E-state index is 13.9. The Balaban J connectivity index is 1.15. The molecule has 5 rings (SSSR count). The van der Waals surface area contributed by atoms with Gasteiger partial charge in [-0.2, -0.15) is 0 Å². The van der Waals surface area contributed by atoms with E-state index < -0.39 is 0 Å². The van der Waals surface area contributed by atoms with Gasteiger partial charge < -0.3 is 14.7 Å². The van der Waals surface area contributed by atoms with Gasteiger partial charge in [-0.1, -0.05) is 18.9 Å².